The largest absolute Gasteiger partial charge is 0.348 e. The number of carbonyl (C=O) groups is 1. The number of anilines is 1. The lowest BCUT2D eigenvalue weighted by Gasteiger charge is -2.26. The van der Waals surface area contributed by atoms with Gasteiger partial charge in [-0.15, -0.1) is 0 Å². The van der Waals surface area contributed by atoms with Gasteiger partial charge >= 0.3 is 0 Å². The van der Waals surface area contributed by atoms with Gasteiger partial charge in [0.1, 0.15) is 0 Å². The number of amides is 1. The van der Waals surface area contributed by atoms with Crippen LogP contribution in [0.15, 0.2) is 48.5 Å². The molecule has 150 valence electrons. The maximum absolute atomic E-state index is 12.5. The van der Waals surface area contributed by atoms with Crippen molar-refractivity contribution in [3.63, 3.8) is 0 Å². The Morgan fingerprint density at radius 2 is 1.61 bits per heavy atom. The smallest absolute Gasteiger partial charge is 0.253 e. The summed E-state index contributed by atoms with van der Waals surface area (Å²) in [6.45, 7) is 3.69. The Balaban J connectivity index is 1.57. The molecule has 1 amide bonds. The van der Waals surface area contributed by atoms with E-state index in [1.165, 1.54) is 37.9 Å². The predicted octanol–water partition coefficient (Wildman–Crippen LogP) is 2.97. The van der Waals surface area contributed by atoms with E-state index in [0.29, 0.717) is 12.1 Å². The number of rotatable bonds is 7. The summed E-state index contributed by atoms with van der Waals surface area (Å²) in [6, 6.07) is 14.8. The molecule has 0 aromatic heterocycles. The topological polar surface area (TPSA) is 78.5 Å². The van der Waals surface area contributed by atoms with E-state index in [1.807, 2.05) is 12.1 Å². The Kier molecular flexibility index (Phi) is 6.70. The van der Waals surface area contributed by atoms with E-state index >= 15 is 0 Å². The van der Waals surface area contributed by atoms with Gasteiger partial charge in [0.05, 0.1) is 17.5 Å². The lowest BCUT2D eigenvalue weighted by Crippen LogP contribution is -2.29. The molecule has 0 spiro atoms. The fourth-order valence-electron chi connectivity index (χ4n) is 3.39. The third-order valence-electron chi connectivity index (χ3n) is 4.80. The molecule has 28 heavy (non-hydrogen) atoms. The fraction of sp³-hybridized carbons (Fsp3) is 0.381. The average Bonchev–Trinajstić information content (AvgIpc) is 2.67. The zero-order chi connectivity index (χ0) is 20.0. The van der Waals surface area contributed by atoms with Gasteiger partial charge in [0, 0.05) is 13.1 Å². The van der Waals surface area contributed by atoms with Crippen LogP contribution in [0.2, 0.25) is 0 Å². The maximum Gasteiger partial charge on any atom is 0.253 e. The highest BCUT2D eigenvalue weighted by atomic mass is 32.2. The summed E-state index contributed by atoms with van der Waals surface area (Å²) < 4.78 is 25.3. The molecule has 1 aliphatic heterocycles. The summed E-state index contributed by atoms with van der Waals surface area (Å²) >= 11 is 0. The van der Waals surface area contributed by atoms with Crippen LogP contribution in [0, 0.1) is 0 Å². The monoisotopic (exact) mass is 401 g/mol. The van der Waals surface area contributed by atoms with Crippen LogP contribution in [0.3, 0.4) is 0 Å². The first-order valence-electron chi connectivity index (χ1n) is 9.56. The molecule has 1 saturated heterocycles. The van der Waals surface area contributed by atoms with Crippen LogP contribution in [0.1, 0.15) is 40.7 Å². The molecule has 0 bridgehead atoms. The Hall–Kier alpha value is -2.38. The van der Waals surface area contributed by atoms with Crippen LogP contribution < -0.4 is 10.0 Å². The second kappa shape index (κ2) is 9.21. The first kappa shape index (κ1) is 20.4. The first-order valence-corrected chi connectivity index (χ1v) is 11.4. The normalized spacial score (nSPS) is 15.2. The van der Waals surface area contributed by atoms with Crippen molar-refractivity contribution in [2.75, 3.05) is 24.1 Å². The van der Waals surface area contributed by atoms with E-state index in [0.717, 1.165) is 18.4 Å². The van der Waals surface area contributed by atoms with E-state index in [4.69, 9.17) is 0 Å². The van der Waals surface area contributed by atoms with Crippen molar-refractivity contribution in [2.24, 2.45) is 0 Å². The zero-order valence-electron chi connectivity index (χ0n) is 16.1. The summed E-state index contributed by atoms with van der Waals surface area (Å²) in [5.74, 6) is -0.316. The number of benzene rings is 2. The first-order chi connectivity index (χ1) is 13.4. The predicted molar refractivity (Wildman–Crippen MR) is 112 cm³/mol. The van der Waals surface area contributed by atoms with Crippen molar-refractivity contribution in [2.45, 2.75) is 32.4 Å². The molecule has 3 rings (SSSR count). The second-order valence-electron chi connectivity index (χ2n) is 7.26. The van der Waals surface area contributed by atoms with Gasteiger partial charge in [-0.05, 0) is 49.2 Å². The molecule has 1 aliphatic rings. The van der Waals surface area contributed by atoms with Crippen molar-refractivity contribution in [3.8, 4) is 0 Å². The van der Waals surface area contributed by atoms with Crippen LogP contribution in [0.25, 0.3) is 0 Å². The van der Waals surface area contributed by atoms with Crippen LogP contribution in [-0.4, -0.2) is 38.6 Å². The second-order valence-corrected chi connectivity index (χ2v) is 9.00. The fourth-order valence-corrected chi connectivity index (χ4v) is 3.96. The summed E-state index contributed by atoms with van der Waals surface area (Å²) in [7, 11) is -3.45. The molecule has 2 N–H and O–H groups in total. The van der Waals surface area contributed by atoms with Gasteiger partial charge < -0.3 is 5.32 Å². The number of likely N-dealkylation sites (tertiary alicyclic amines) is 1. The van der Waals surface area contributed by atoms with E-state index in [2.05, 4.69) is 27.1 Å². The summed E-state index contributed by atoms with van der Waals surface area (Å²) in [6.07, 6.45) is 4.95. The van der Waals surface area contributed by atoms with Crippen molar-refractivity contribution >= 4 is 21.6 Å². The summed E-state index contributed by atoms with van der Waals surface area (Å²) in [5.41, 5.74) is 2.86. The van der Waals surface area contributed by atoms with E-state index in [9.17, 15) is 13.2 Å². The van der Waals surface area contributed by atoms with E-state index in [-0.39, 0.29) is 11.6 Å². The number of carbonyl (C=O) groups excluding carboxylic acids is 1. The Labute approximate surface area is 167 Å². The van der Waals surface area contributed by atoms with E-state index in [1.54, 1.807) is 24.3 Å². The minimum Gasteiger partial charge on any atom is -0.348 e. The number of hydrogen-bond acceptors (Lipinski definition) is 4. The molecule has 0 aliphatic carbocycles. The van der Waals surface area contributed by atoms with Crippen molar-refractivity contribution < 1.29 is 13.2 Å². The number of nitrogens with one attached hydrogen (secondary N) is 2. The van der Waals surface area contributed by atoms with Gasteiger partial charge in [-0.1, -0.05) is 42.8 Å². The number of hydrogen-bond donors (Lipinski definition) is 2. The molecule has 0 unspecified atom stereocenters. The van der Waals surface area contributed by atoms with Gasteiger partial charge in [-0.2, -0.15) is 0 Å². The number of para-hydroxylation sites is 1. The lowest BCUT2D eigenvalue weighted by molar-refractivity contribution is 0.0952. The molecule has 0 radical (unpaired) electrons. The van der Waals surface area contributed by atoms with Crippen LogP contribution >= 0.6 is 0 Å². The summed E-state index contributed by atoms with van der Waals surface area (Å²) in [5, 5.41) is 2.86. The van der Waals surface area contributed by atoms with Gasteiger partial charge in [-0.25, -0.2) is 8.42 Å². The third kappa shape index (κ3) is 6.07. The zero-order valence-corrected chi connectivity index (χ0v) is 17.0. The molecule has 2 aromatic carbocycles. The highest BCUT2D eigenvalue weighted by Gasteiger charge is 2.14. The average molecular weight is 402 g/mol. The number of piperidine rings is 1. The molecule has 1 heterocycles. The highest BCUT2D eigenvalue weighted by molar-refractivity contribution is 7.92. The quantitative estimate of drug-likeness (QED) is 0.748. The summed E-state index contributed by atoms with van der Waals surface area (Å²) in [4.78, 5) is 15.0. The van der Waals surface area contributed by atoms with Gasteiger partial charge in [0.15, 0.2) is 0 Å². The van der Waals surface area contributed by atoms with Gasteiger partial charge in [0.2, 0.25) is 10.0 Å². The lowest BCUT2D eigenvalue weighted by atomic mass is 10.1. The van der Waals surface area contributed by atoms with Crippen molar-refractivity contribution in [1.29, 1.82) is 0 Å². The number of nitrogens with zero attached hydrogens (tertiary/aromatic N) is 1. The Bertz CT molecular complexity index is 905. The molecule has 0 atom stereocenters. The molecule has 1 fully saturated rings. The molecule has 6 nitrogen and oxygen atoms in total. The number of sulfonamides is 1. The van der Waals surface area contributed by atoms with Crippen molar-refractivity contribution in [3.05, 3.63) is 65.2 Å². The van der Waals surface area contributed by atoms with Crippen molar-refractivity contribution in [1.82, 2.24) is 10.2 Å². The standard InChI is InChI=1S/C21H27N3O3S/c1-28(26,27)23-20-8-4-3-7-19(20)21(25)22-15-17-9-11-18(12-10-17)16-24-13-5-2-6-14-24/h3-4,7-12,23H,2,5-6,13-16H2,1H3,(H,22,25). The SMILES string of the molecule is CS(=O)(=O)Nc1ccccc1C(=O)NCc1ccc(CN2CCCCC2)cc1. The molecule has 2 aromatic rings. The minimum absolute atomic E-state index is 0.277. The Morgan fingerprint density at radius 1 is 0.964 bits per heavy atom. The molecule has 7 heteroatoms. The van der Waals surface area contributed by atoms with Crippen LogP contribution in [-0.2, 0) is 23.1 Å². The molecular formula is C21H27N3O3S. The molecular weight excluding hydrogens is 374 g/mol. The Morgan fingerprint density at radius 3 is 2.29 bits per heavy atom. The molecule has 0 saturated carbocycles. The van der Waals surface area contributed by atoms with Gasteiger partial charge in [-0.3, -0.25) is 14.4 Å². The van der Waals surface area contributed by atoms with Gasteiger partial charge in [0.25, 0.3) is 5.91 Å². The van der Waals surface area contributed by atoms with Crippen LogP contribution in [0.5, 0.6) is 0 Å². The highest BCUT2D eigenvalue weighted by Crippen LogP contribution is 2.17. The third-order valence-corrected chi connectivity index (χ3v) is 5.39. The minimum atomic E-state index is -3.45. The van der Waals surface area contributed by atoms with Crippen LogP contribution in [0.4, 0.5) is 5.69 Å². The van der Waals surface area contributed by atoms with E-state index < -0.39 is 10.0 Å². The maximum atomic E-state index is 12.5.